The summed E-state index contributed by atoms with van der Waals surface area (Å²) in [4.78, 5) is 16.2. The second kappa shape index (κ2) is 8.10. The van der Waals surface area contributed by atoms with Crippen molar-refractivity contribution in [2.24, 2.45) is 7.05 Å². The predicted molar refractivity (Wildman–Crippen MR) is 103 cm³/mol. The standard InChI is InChI=1S/C20H22N2O3S/c1-21-8-4-6-16(21)13-22(14-19-7-5-9-26-19)20(23)15-10-17(24-2)12-18(11-15)25-3/h4-12H,13-14H2,1-3H3. The van der Waals surface area contributed by atoms with Crippen molar-refractivity contribution in [3.63, 3.8) is 0 Å². The average Bonchev–Trinajstić information content (AvgIpc) is 3.32. The lowest BCUT2D eigenvalue weighted by Gasteiger charge is -2.23. The summed E-state index contributed by atoms with van der Waals surface area (Å²) >= 11 is 1.65. The summed E-state index contributed by atoms with van der Waals surface area (Å²) in [5.74, 6) is 1.14. The predicted octanol–water partition coefficient (Wildman–Crippen LogP) is 3.95. The Balaban J connectivity index is 1.92. The molecule has 2 heterocycles. The number of ether oxygens (including phenoxy) is 2. The van der Waals surface area contributed by atoms with E-state index >= 15 is 0 Å². The van der Waals surface area contributed by atoms with Crippen LogP contribution in [0.3, 0.4) is 0 Å². The Bertz CT molecular complexity index is 849. The Labute approximate surface area is 157 Å². The van der Waals surface area contributed by atoms with E-state index in [0.717, 1.165) is 10.6 Å². The molecule has 0 aliphatic carbocycles. The quantitative estimate of drug-likeness (QED) is 0.633. The first-order valence-electron chi connectivity index (χ1n) is 8.25. The fourth-order valence-electron chi connectivity index (χ4n) is 2.76. The van der Waals surface area contributed by atoms with Crippen molar-refractivity contribution in [1.82, 2.24) is 9.47 Å². The van der Waals surface area contributed by atoms with Crippen molar-refractivity contribution >= 4 is 17.2 Å². The summed E-state index contributed by atoms with van der Waals surface area (Å²) in [6.07, 6.45) is 1.98. The molecule has 0 atom stereocenters. The van der Waals surface area contributed by atoms with Gasteiger partial charge in [-0.3, -0.25) is 4.79 Å². The third kappa shape index (κ3) is 4.08. The fourth-order valence-corrected chi connectivity index (χ4v) is 3.48. The van der Waals surface area contributed by atoms with Gasteiger partial charge in [0.1, 0.15) is 11.5 Å². The Kier molecular flexibility index (Phi) is 5.63. The Morgan fingerprint density at radius 2 is 1.81 bits per heavy atom. The molecule has 0 aliphatic heterocycles. The van der Waals surface area contributed by atoms with Crippen LogP contribution in [0.5, 0.6) is 11.5 Å². The highest BCUT2D eigenvalue weighted by Crippen LogP contribution is 2.25. The van der Waals surface area contributed by atoms with Gasteiger partial charge in [-0.2, -0.15) is 0 Å². The molecule has 0 N–H and O–H groups in total. The molecule has 0 aliphatic rings. The summed E-state index contributed by atoms with van der Waals surface area (Å²) < 4.78 is 12.6. The largest absolute Gasteiger partial charge is 0.497 e. The third-order valence-corrected chi connectivity index (χ3v) is 5.08. The van der Waals surface area contributed by atoms with E-state index in [-0.39, 0.29) is 5.91 Å². The maximum Gasteiger partial charge on any atom is 0.254 e. The molecule has 0 saturated carbocycles. The zero-order valence-electron chi connectivity index (χ0n) is 15.1. The lowest BCUT2D eigenvalue weighted by Crippen LogP contribution is -2.30. The highest BCUT2D eigenvalue weighted by atomic mass is 32.1. The molecule has 3 rings (SSSR count). The van der Waals surface area contributed by atoms with E-state index in [4.69, 9.17) is 9.47 Å². The molecule has 136 valence electrons. The zero-order chi connectivity index (χ0) is 18.5. The van der Waals surface area contributed by atoms with Gasteiger partial charge in [0, 0.05) is 35.4 Å². The van der Waals surface area contributed by atoms with Gasteiger partial charge in [0.25, 0.3) is 5.91 Å². The van der Waals surface area contributed by atoms with E-state index in [2.05, 4.69) is 0 Å². The monoisotopic (exact) mass is 370 g/mol. The normalized spacial score (nSPS) is 10.6. The second-order valence-electron chi connectivity index (χ2n) is 5.95. The number of rotatable bonds is 7. The van der Waals surface area contributed by atoms with Crippen LogP contribution in [0.15, 0.2) is 54.0 Å². The number of hydrogen-bond acceptors (Lipinski definition) is 4. The lowest BCUT2D eigenvalue weighted by atomic mass is 10.1. The number of carbonyl (C=O) groups excluding carboxylic acids is 1. The van der Waals surface area contributed by atoms with Gasteiger partial charge in [-0.15, -0.1) is 11.3 Å². The molecular weight excluding hydrogens is 348 g/mol. The molecule has 26 heavy (non-hydrogen) atoms. The number of benzene rings is 1. The van der Waals surface area contributed by atoms with Crippen LogP contribution in [-0.2, 0) is 20.1 Å². The van der Waals surface area contributed by atoms with Crippen LogP contribution in [0.25, 0.3) is 0 Å². The summed E-state index contributed by atoms with van der Waals surface area (Å²) in [5.41, 5.74) is 1.62. The number of thiophene rings is 1. The van der Waals surface area contributed by atoms with E-state index in [1.807, 2.05) is 52.4 Å². The van der Waals surface area contributed by atoms with Gasteiger partial charge in [0.2, 0.25) is 0 Å². The molecule has 3 aromatic rings. The number of methoxy groups -OCH3 is 2. The van der Waals surface area contributed by atoms with Crippen molar-refractivity contribution in [1.29, 1.82) is 0 Å². The van der Waals surface area contributed by atoms with E-state index in [9.17, 15) is 4.79 Å². The molecule has 2 aromatic heterocycles. The summed E-state index contributed by atoms with van der Waals surface area (Å²) in [6.45, 7) is 1.08. The highest BCUT2D eigenvalue weighted by molar-refractivity contribution is 7.09. The highest BCUT2D eigenvalue weighted by Gasteiger charge is 2.20. The molecule has 1 aromatic carbocycles. The van der Waals surface area contributed by atoms with Gasteiger partial charge in [-0.05, 0) is 35.7 Å². The summed E-state index contributed by atoms with van der Waals surface area (Å²) in [5, 5.41) is 2.02. The SMILES string of the molecule is COc1cc(OC)cc(C(=O)N(Cc2cccs2)Cc2cccn2C)c1. The van der Waals surface area contributed by atoms with Gasteiger partial charge in [0.15, 0.2) is 0 Å². The number of nitrogens with zero attached hydrogens (tertiary/aromatic N) is 2. The minimum atomic E-state index is -0.0585. The molecule has 6 heteroatoms. The fraction of sp³-hybridized carbons (Fsp3) is 0.250. The second-order valence-corrected chi connectivity index (χ2v) is 6.98. The van der Waals surface area contributed by atoms with E-state index in [1.165, 1.54) is 0 Å². The number of carbonyl (C=O) groups is 1. The Morgan fingerprint density at radius 1 is 1.08 bits per heavy atom. The average molecular weight is 370 g/mol. The lowest BCUT2D eigenvalue weighted by molar-refractivity contribution is 0.0727. The van der Waals surface area contributed by atoms with Crippen LogP contribution in [0.2, 0.25) is 0 Å². The molecule has 1 amide bonds. The van der Waals surface area contributed by atoms with Crippen LogP contribution in [0.1, 0.15) is 20.9 Å². The minimum absolute atomic E-state index is 0.0585. The first-order valence-corrected chi connectivity index (χ1v) is 9.13. The molecular formula is C20H22N2O3S. The number of aryl methyl sites for hydroxylation is 1. The van der Waals surface area contributed by atoms with Gasteiger partial charge >= 0.3 is 0 Å². The van der Waals surface area contributed by atoms with Crippen molar-refractivity contribution in [3.05, 3.63) is 70.2 Å². The minimum Gasteiger partial charge on any atom is -0.497 e. The number of amides is 1. The Hall–Kier alpha value is -2.73. The van der Waals surface area contributed by atoms with Crippen LogP contribution in [0.4, 0.5) is 0 Å². The summed E-state index contributed by atoms with van der Waals surface area (Å²) in [7, 11) is 5.14. The first kappa shape index (κ1) is 18.1. The van der Waals surface area contributed by atoms with Gasteiger partial charge in [-0.1, -0.05) is 6.07 Å². The van der Waals surface area contributed by atoms with E-state index in [1.54, 1.807) is 43.8 Å². The van der Waals surface area contributed by atoms with E-state index < -0.39 is 0 Å². The van der Waals surface area contributed by atoms with Crippen molar-refractivity contribution < 1.29 is 14.3 Å². The van der Waals surface area contributed by atoms with Crippen molar-refractivity contribution in [2.75, 3.05) is 14.2 Å². The van der Waals surface area contributed by atoms with E-state index in [0.29, 0.717) is 30.2 Å². The number of hydrogen-bond donors (Lipinski definition) is 0. The summed E-state index contributed by atoms with van der Waals surface area (Å²) in [6, 6.07) is 13.3. The molecule has 0 saturated heterocycles. The van der Waals surface area contributed by atoms with Crippen LogP contribution < -0.4 is 9.47 Å². The number of aromatic nitrogens is 1. The molecule has 5 nitrogen and oxygen atoms in total. The maximum atomic E-state index is 13.3. The molecule has 0 spiro atoms. The van der Waals surface area contributed by atoms with Crippen LogP contribution in [-0.4, -0.2) is 29.6 Å². The van der Waals surface area contributed by atoms with Gasteiger partial charge in [0.05, 0.1) is 27.3 Å². The molecule has 0 fully saturated rings. The molecule has 0 unspecified atom stereocenters. The van der Waals surface area contributed by atoms with Gasteiger partial charge in [-0.25, -0.2) is 0 Å². The van der Waals surface area contributed by atoms with Gasteiger partial charge < -0.3 is 18.9 Å². The molecule has 0 bridgehead atoms. The first-order chi connectivity index (χ1) is 12.6. The zero-order valence-corrected chi connectivity index (χ0v) is 16.0. The van der Waals surface area contributed by atoms with Crippen LogP contribution >= 0.6 is 11.3 Å². The Morgan fingerprint density at radius 3 is 2.35 bits per heavy atom. The van der Waals surface area contributed by atoms with Crippen molar-refractivity contribution in [2.45, 2.75) is 13.1 Å². The van der Waals surface area contributed by atoms with Crippen molar-refractivity contribution in [3.8, 4) is 11.5 Å². The molecule has 0 radical (unpaired) electrons. The smallest absolute Gasteiger partial charge is 0.254 e. The third-order valence-electron chi connectivity index (χ3n) is 4.22. The topological polar surface area (TPSA) is 43.7 Å². The van der Waals surface area contributed by atoms with Crippen LogP contribution in [0, 0.1) is 0 Å². The maximum absolute atomic E-state index is 13.3.